The number of nitrogens with one attached hydrogen (secondary N) is 1. The molecule has 1 aromatic heterocycles. The lowest BCUT2D eigenvalue weighted by Gasteiger charge is -2.19. The Balaban J connectivity index is 0.00000180. The van der Waals surface area contributed by atoms with Gasteiger partial charge in [0.25, 0.3) is 0 Å². The van der Waals surface area contributed by atoms with Gasteiger partial charge >= 0.3 is 0 Å². The standard InChI is InChI=1S/C16H21NO.ClH/c1-16(2,3)14-8-6-13(7-9-14)11-17-12-15-5-4-10-18-15;/h4-10,17H,11-12H2,1-3H3;1H. The predicted octanol–water partition coefficient (Wildman–Crippen LogP) is 4.29. The van der Waals surface area contributed by atoms with Gasteiger partial charge in [0.2, 0.25) is 0 Å². The van der Waals surface area contributed by atoms with E-state index >= 15 is 0 Å². The molecule has 0 amide bonds. The van der Waals surface area contributed by atoms with Crippen molar-refractivity contribution in [2.45, 2.75) is 39.3 Å². The second-order valence-electron chi connectivity index (χ2n) is 5.63. The molecular weight excluding hydrogens is 258 g/mol. The molecule has 104 valence electrons. The van der Waals surface area contributed by atoms with E-state index in [1.54, 1.807) is 6.26 Å². The second kappa shape index (κ2) is 6.78. The van der Waals surface area contributed by atoms with Crippen LogP contribution in [0.3, 0.4) is 0 Å². The molecule has 2 aromatic rings. The van der Waals surface area contributed by atoms with Crippen molar-refractivity contribution >= 4 is 12.4 Å². The van der Waals surface area contributed by atoms with Gasteiger partial charge in [-0.2, -0.15) is 0 Å². The molecule has 0 aliphatic carbocycles. The van der Waals surface area contributed by atoms with Gasteiger partial charge in [0.15, 0.2) is 0 Å². The normalized spacial score (nSPS) is 11.1. The molecule has 1 N–H and O–H groups in total. The fourth-order valence-corrected chi connectivity index (χ4v) is 1.87. The van der Waals surface area contributed by atoms with Gasteiger partial charge in [-0.15, -0.1) is 12.4 Å². The predicted molar refractivity (Wildman–Crippen MR) is 81.6 cm³/mol. The van der Waals surface area contributed by atoms with Crippen LogP contribution in [-0.2, 0) is 18.5 Å². The van der Waals surface area contributed by atoms with Crippen molar-refractivity contribution in [2.75, 3.05) is 0 Å². The topological polar surface area (TPSA) is 25.2 Å². The Labute approximate surface area is 121 Å². The van der Waals surface area contributed by atoms with Crippen LogP contribution in [0.4, 0.5) is 0 Å². The third-order valence-electron chi connectivity index (χ3n) is 3.03. The zero-order chi connectivity index (χ0) is 13.0. The third kappa shape index (κ3) is 4.73. The number of rotatable bonds is 4. The Morgan fingerprint density at radius 2 is 1.68 bits per heavy atom. The van der Waals surface area contributed by atoms with Crippen molar-refractivity contribution < 1.29 is 4.42 Å². The molecule has 2 nitrogen and oxygen atoms in total. The maximum atomic E-state index is 5.27. The summed E-state index contributed by atoms with van der Waals surface area (Å²) >= 11 is 0. The fraction of sp³-hybridized carbons (Fsp3) is 0.375. The van der Waals surface area contributed by atoms with Crippen LogP contribution in [0.5, 0.6) is 0 Å². The third-order valence-corrected chi connectivity index (χ3v) is 3.03. The molecule has 19 heavy (non-hydrogen) atoms. The molecule has 0 saturated carbocycles. The Morgan fingerprint density at radius 1 is 1.00 bits per heavy atom. The summed E-state index contributed by atoms with van der Waals surface area (Å²) in [5.41, 5.74) is 2.90. The largest absolute Gasteiger partial charge is 0.468 e. The zero-order valence-electron chi connectivity index (χ0n) is 11.8. The molecule has 1 aromatic carbocycles. The number of furan rings is 1. The molecule has 0 unspecified atom stereocenters. The molecule has 0 fully saturated rings. The summed E-state index contributed by atoms with van der Waals surface area (Å²) in [7, 11) is 0. The average Bonchev–Trinajstić information content (AvgIpc) is 2.82. The van der Waals surface area contributed by atoms with E-state index in [0.717, 1.165) is 18.8 Å². The molecule has 0 spiro atoms. The Kier molecular flexibility index (Phi) is 5.64. The smallest absolute Gasteiger partial charge is 0.117 e. The van der Waals surface area contributed by atoms with Gasteiger partial charge in [0.05, 0.1) is 12.8 Å². The summed E-state index contributed by atoms with van der Waals surface area (Å²) in [5.74, 6) is 0.973. The van der Waals surface area contributed by atoms with E-state index in [2.05, 4.69) is 50.4 Å². The van der Waals surface area contributed by atoms with Crippen molar-refractivity contribution in [1.29, 1.82) is 0 Å². The van der Waals surface area contributed by atoms with E-state index in [-0.39, 0.29) is 17.8 Å². The van der Waals surface area contributed by atoms with Gasteiger partial charge in [-0.1, -0.05) is 45.0 Å². The summed E-state index contributed by atoms with van der Waals surface area (Å²) in [5, 5.41) is 3.37. The van der Waals surface area contributed by atoms with Crippen molar-refractivity contribution in [2.24, 2.45) is 0 Å². The summed E-state index contributed by atoms with van der Waals surface area (Å²) in [6.07, 6.45) is 1.70. The monoisotopic (exact) mass is 279 g/mol. The minimum Gasteiger partial charge on any atom is -0.468 e. The summed E-state index contributed by atoms with van der Waals surface area (Å²) in [6, 6.07) is 12.7. The molecule has 1 heterocycles. The minimum atomic E-state index is 0. The van der Waals surface area contributed by atoms with E-state index in [4.69, 9.17) is 4.42 Å². The quantitative estimate of drug-likeness (QED) is 0.903. The van der Waals surface area contributed by atoms with Gasteiger partial charge in [-0.25, -0.2) is 0 Å². The van der Waals surface area contributed by atoms with E-state index < -0.39 is 0 Å². The first-order valence-corrected chi connectivity index (χ1v) is 6.38. The highest BCUT2D eigenvalue weighted by molar-refractivity contribution is 5.85. The summed E-state index contributed by atoms with van der Waals surface area (Å²) < 4.78 is 5.27. The highest BCUT2D eigenvalue weighted by Gasteiger charge is 2.12. The van der Waals surface area contributed by atoms with E-state index in [1.165, 1.54) is 11.1 Å². The first kappa shape index (κ1) is 15.8. The SMILES string of the molecule is CC(C)(C)c1ccc(CNCc2ccco2)cc1.Cl. The molecule has 2 rings (SSSR count). The van der Waals surface area contributed by atoms with Crippen molar-refractivity contribution in [1.82, 2.24) is 5.32 Å². The molecular formula is C16H22ClNO. The maximum Gasteiger partial charge on any atom is 0.117 e. The Bertz CT molecular complexity index is 468. The van der Waals surface area contributed by atoms with Crippen LogP contribution in [-0.4, -0.2) is 0 Å². The van der Waals surface area contributed by atoms with E-state index in [9.17, 15) is 0 Å². The minimum absolute atomic E-state index is 0. The fourth-order valence-electron chi connectivity index (χ4n) is 1.87. The first-order valence-electron chi connectivity index (χ1n) is 6.38. The second-order valence-corrected chi connectivity index (χ2v) is 5.63. The van der Waals surface area contributed by atoms with E-state index in [0.29, 0.717) is 0 Å². The number of benzene rings is 1. The van der Waals surface area contributed by atoms with Gasteiger partial charge in [0.1, 0.15) is 5.76 Å². The van der Waals surface area contributed by atoms with Crippen LogP contribution in [0.25, 0.3) is 0 Å². The molecule has 0 atom stereocenters. The van der Waals surface area contributed by atoms with Gasteiger partial charge in [-0.05, 0) is 28.7 Å². The van der Waals surface area contributed by atoms with Crippen LogP contribution in [0.15, 0.2) is 47.1 Å². The maximum absolute atomic E-state index is 5.27. The lowest BCUT2D eigenvalue weighted by atomic mass is 9.87. The zero-order valence-corrected chi connectivity index (χ0v) is 12.6. The molecule has 0 saturated heterocycles. The van der Waals surface area contributed by atoms with Crippen LogP contribution in [0.2, 0.25) is 0 Å². The first-order chi connectivity index (χ1) is 8.55. The average molecular weight is 280 g/mol. The molecule has 0 radical (unpaired) electrons. The molecule has 0 bridgehead atoms. The highest BCUT2D eigenvalue weighted by Crippen LogP contribution is 2.22. The number of hydrogen-bond acceptors (Lipinski definition) is 2. The van der Waals surface area contributed by atoms with Crippen LogP contribution in [0.1, 0.15) is 37.7 Å². The molecule has 0 aliphatic heterocycles. The lowest BCUT2D eigenvalue weighted by molar-refractivity contribution is 0.483. The summed E-state index contributed by atoms with van der Waals surface area (Å²) in [6.45, 7) is 8.34. The summed E-state index contributed by atoms with van der Waals surface area (Å²) in [4.78, 5) is 0. The van der Waals surface area contributed by atoms with Crippen LogP contribution >= 0.6 is 12.4 Å². The molecule has 3 heteroatoms. The number of halogens is 1. The van der Waals surface area contributed by atoms with Crippen molar-refractivity contribution in [3.8, 4) is 0 Å². The Morgan fingerprint density at radius 3 is 2.21 bits per heavy atom. The van der Waals surface area contributed by atoms with Gasteiger partial charge in [-0.3, -0.25) is 0 Å². The van der Waals surface area contributed by atoms with Crippen molar-refractivity contribution in [3.63, 3.8) is 0 Å². The van der Waals surface area contributed by atoms with Gasteiger partial charge in [0, 0.05) is 6.54 Å². The van der Waals surface area contributed by atoms with E-state index in [1.807, 2.05) is 12.1 Å². The number of hydrogen-bond donors (Lipinski definition) is 1. The van der Waals surface area contributed by atoms with Crippen LogP contribution in [0, 0.1) is 0 Å². The van der Waals surface area contributed by atoms with Crippen LogP contribution < -0.4 is 5.32 Å². The lowest BCUT2D eigenvalue weighted by Crippen LogP contribution is -2.13. The highest BCUT2D eigenvalue weighted by atomic mass is 35.5. The Hall–Kier alpha value is -1.25. The van der Waals surface area contributed by atoms with Gasteiger partial charge < -0.3 is 9.73 Å². The molecule has 0 aliphatic rings. The van der Waals surface area contributed by atoms with Crippen molar-refractivity contribution in [3.05, 3.63) is 59.5 Å².